The highest BCUT2D eigenvalue weighted by atomic mass is 16.7. The fourth-order valence-electron chi connectivity index (χ4n) is 8.34. The maximum Gasteiger partial charge on any atom is 0.311 e. The van der Waals surface area contributed by atoms with Crippen LogP contribution in [0.5, 0.6) is 0 Å². The fraction of sp³-hybridized carbons (Fsp3) is 0.973. The Morgan fingerprint density at radius 1 is 0.878 bits per heavy atom. The van der Waals surface area contributed by atoms with Gasteiger partial charge in [0, 0.05) is 38.5 Å². The number of rotatable bonds is 8. The lowest BCUT2D eigenvalue weighted by Crippen LogP contribution is -2.59. The van der Waals surface area contributed by atoms with E-state index in [1.54, 1.807) is 28.1 Å². The molecule has 18 atom stereocenters. The molecule has 12 nitrogen and oxygen atoms in total. The van der Waals surface area contributed by atoms with Gasteiger partial charge in [-0.05, 0) is 79.3 Å². The van der Waals surface area contributed by atoms with Crippen LogP contribution in [-0.4, -0.2) is 134 Å². The third-order valence-corrected chi connectivity index (χ3v) is 11.7. The van der Waals surface area contributed by atoms with Crippen molar-refractivity contribution in [1.82, 2.24) is 4.90 Å². The molecule has 3 aliphatic rings. The Morgan fingerprint density at radius 3 is 2.10 bits per heavy atom. The van der Waals surface area contributed by atoms with Gasteiger partial charge in [-0.3, -0.25) is 4.79 Å². The van der Waals surface area contributed by atoms with Crippen molar-refractivity contribution < 1.29 is 53.3 Å². The average molecular weight is 704 g/mol. The van der Waals surface area contributed by atoms with Gasteiger partial charge >= 0.3 is 5.97 Å². The number of carbonyl (C=O) groups excluding carboxylic acids is 1. The van der Waals surface area contributed by atoms with E-state index in [0.717, 1.165) is 6.42 Å². The van der Waals surface area contributed by atoms with E-state index in [0.29, 0.717) is 19.3 Å². The monoisotopic (exact) mass is 703 g/mol. The average Bonchev–Trinajstić information content (AvgIpc) is 3.05. The van der Waals surface area contributed by atoms with Gasteiger partial charge in [0.15, 0.2) is 12.6 Å². The van der Waals surface area contributed by atoms with Gasteiger partial charge in [0.25, 0.3) is 0 Å². The van der Waals surface area contributed by atoms with Crippen LogP contribution in [0.2, 0.25) is 0 Å². The molecule has 0 aromatic rings. The third-order valence-electron chi connectivity index (χ3n) is 11.7. The standard InChI is InChI=1S/C37H69NO11/c1-14-27-22(5)30(39)20(3)15-19(2)16-28(43-12)33(49-36-31(40)26(38(10)11)17-21(4)45-36)23(6)32(24(7)35(42)47-27)48-29-18-37(9,44-13)34(41)25(8)46-29/h19-34,36,39-41H,14-18H2,1-13H3. The Labute approximate surface area is 295 Å². The van der Waals surface area contributed by atoms with Crippen LogP contribution in [0.15, 0.2) is 0 Å². The van der Waals surface area contributed by atoms with Gasteiger partial charge in [-0.25, -0.2) is 0 Å². The van der Waals surface area contributed by atoms with E-state index >= 15 is 0 Å². The number of carbonyl (C=O) groups is 1. The predicted molar refractivity (Wildman–Crippen MR) is 185 cm³/mol. The molecule has 0 spiro atoms. The molecule has 0 saturated carbocycles. The number of nitrogens with zero attached hydrogens (tertiary/aromatic N) is 1. The summed E-state index contributed by atoms with van der Waals surface area (Å²) in [6, 6.07) is -0.186. The van der Waals surface area contributed by atoms with Gasteiger partial charge in [-0.2, -0.15) is 0 Å². The van der Waals surface area contributed by atoms with Crippen LogP contribution in [0.3, 0.4) is 0 Å². The summed E-state index contributed by atoms with van der Waals surface area (Å²) in [6.45, 7) is 17.4. The highest BCUT2D eigenvalue weighted by Crippen LogP contribution is 2.38. The molecule has 0 aromatic carbocycles. The van der Waals surface area contributed by atoms with Crippen molar-refractivity contribution in [3.63, 3.8) is 0 Å². The minimum absolute atomic E-state index is 0.0513. The zero-order valence-electron chi connectivity index (χ0n) is 32.4. The summed E-state index contributed by atoms with van der Waals surface area (Å²) in [5, 5.41) is 33.8. The molecule has 288 valence electrons. The molecule has 3 saturated heterocycles. The second kappa shape index (κ2) is 18.2. The molecule has 49 heavy (non-hydrogen) atoms. The number of likely N-dealkylation sites (N-methyl/N-ethyl adjacent to an activating group) is 1. The largest absolute Gasteiger partial charge is 0.462 e. The predicted octanol–water partition coefficient (Wildman–Crippen LogP) is 3.76. The summed E-state index contributed by atoms with van der Waals surface area (Å²) in [6.07, 6.45) is -4.75. The van der Waals surface area contributed by atoms with Crippen LogP contribution in [0, 0.1) is 29.6 Å². The molecule has 3 aliphatic heterocycles. The number of esters is 1. The quantitative estimate of drug-likeness (QED) is 0.317. The Balaban J connectivity index is 2.11. The van der Waals surface area contributed by atoms with Crippen LogP contribution < -0.4 is 0 Å². The van der Waals surface area contributed by atoms with Gasteiger partial charge in [0.1, 0.15) is 18.3 Å². The van der Waals surface area contributed by atoms with E-state index in [1.807, 2.05) is 60.5 Å². The van der Waals surface area contributed by atoms with Crippen LogP contribution in [-0.2, 0) is 38.0 Å². The zero-order chi connectivity index (χ0) is 37.0. The molecule has 3 fully saturated rings. The molecule has 0 aromatic heterocycles. The highest BCUT2D eigenvalue weighted by molar-refractivity contribution is 5.73. The summed E-state index contributed by atoms with van der Waals surface area (Å²) in [7, 11) is 7.05. The summed E-state index contributed by atoms with van der Waals surface area (Å²) in [4.78, 5) is 16.0. The van der Waals surface area contributed by atoms with Crippen molar-refractivity contribution in [2.24, 2.45) is 29.6 Å². The van der Waals surface area contributed by atoms with E-state index < -0.39 is 84.8 Å². The molecule has 0 aliphatic carbocycles. The minimum Gasteiger partial charge on any atom is -0.462 e. The maximum atomic E-state index is 14.1. The number of ether oxygens (including phenoxy) is 7. The first kappa shape index (κ1) is 42.5. The van der Waals surface area contributed by atoms with Crippen molar-refractivity contribution in [2.45, 2.75) is 174 Å². The zero-order valence-corrected chi connectivity index (χ0v) is 32.4. The van der Waals surface area contributed by atoms with Crippen molar-refractivity contribution in [3.05, 3.63) is 0 Å². The first-order valence-electron chi connectivity index (χ1n) is 18.5. The van der Waals surface area contributed by atoms with Crippen molar-refractivity contribution >= 4 is 5.97 Å². The molecule has 12 heteroatoms. The first-order chi connectivity index (χ1) is 22.9. The summed E-state index contributed by atoms with van der Waals surface area (Å²) in [5.74, 6) is -1.93. The Kier molecular flexibility index (Phi) is 15.8. The fourth-order valence-corrected chi connectivity index (χ4v) is 8.34. The number of aliphatic hydroxyl groups excluding tert-OH is 3. The maximum absolute atomic E-state index is 14.1. The summed E-state index contributed by atoms with van der Waals surface area (Å²) >= 11 is 0. The van der Waals surface area contributed by atoms with Gasteiger partial charge in [0.2, 0.25) is 0 Å². The molecule has 0 bridgehead atoms. The number of hydrogen-bond donors (Lipinski definition) is 3. The Hall–Kier alpha value is -0.930. The van der Waals surface area contributed by atoms with Gasteiger partial charge in [-0.1, -0.05) is 34.6 Å². The van der Waals surface area contributed by atoms with Gasteiger partial charge < -0.3 is 53.4 Å². The van der Waals surface area contributed by atoms with E-state index in [1.165, 1.54) is 0 Å². The van der Waals surface area contributed by atoms with E-state index in [-0.39, 0.29) is 36.3 Å². The topological polar surface area (TPSA) is 146 Å². The van der Waals surface area contributed by atoms with E-state index in [9.17, 15) is 20.1 Å². The van der Waals surface area contributed by atoms with Crippen molar-refractivity contribution in [3.8, 4) is 0 Å². The number of hydrogen-bond acceptors (Lipinski definition) is 12. The number of aliphatic hydroxyl groups is 3. The van der Waals surface area contributed by atoms with Gasteiger partial charge in [0.05, 0.1) is 48.1 Å². The lowest BCUT2D eigenvalue weighted by molar-refractivity contribution is -0.312. The van der Waals surface area contributed by atoms with E-state index in [2.05, 4.69) is 6.92 Å². The first-order valence-corrected chi connectivity index (χ1v) is 18.5. The second-order valence-electron chi connectivity index (χ2n) is 15.9. The minimum atomic E-state index is -0.956. The Morgan fingerprint density at radius 2 is 1.53 bits per heavy atom. The molecule has 0 amide bonds. The normalized spacial score (nSPS) is 48.2. The second-order valence-corrected chi connectivity index (χ2v) is 15.9. The molecule has 0 radical (unpaired) electrons. The summed E-state index contributed by atoms with van der Waals surface area (Å²) < 4.78 is 44.1. The molecular formula is C37H69NO11. The van der Waals surface area contributed by atoms with Crippen LogP contribution >= 0.6 is 0 Å². The van der Waals surface area contributed by atoms with Crippen LogP contribution in [0.4, 0.5) is 0 Å². The Bertz CT molecular complexity index is 1020. The van der Waals surface area contributed by atoms with Crippen LogP contribution in [0.25, 0.3) is 0 Å². The van der Waals surface area contributed by atoms with Crippen molar-refractivity contribution in [2.75, 3.05) is 28.3 Å². The highest BCUT2D eigenvalue weighted by Gasteiger charge is 2.50. The molecule has 3 N–H and O–H groups in total. The number of cyclic esters (lactones) is 1. The van der Waals surface area contributed by atoms with Crippen LogP contribution in [0.1, 0.15) is 94.4 Å². The SMILES string of the molecule is CCC1OC(=O)C(C)C(OC2CC(C)(OC)C(O)C(C)O2)C(C)C(OC2OC(C)CC(N(C)C)C2O)C(OC)CC(C)CC(C)C(O)C1C. The lowest BCUT2D eigenvalue weighted by Gasteiger charge is -2.47. The molecule has 3 rings (SSSR count). The molecule has 18 unspecified atom stereocenters. The third kappa shape index (κ3) is 10.1. The number of methoxy groups -OCH3 is 2. The molecule has 3 heterocycles. The molecular weight excluding hydrogens is 634 g/mol. The summed E-state index contributed by atoms with van der Waals surface area (Å²) in [5.41, 5.74) is -0.940. The van der Waals surface area contributed by atoms with Gasteiger partial charge in [-0.15, -0.1) is 0 Å². The lowest BCUT2D eigenvalue weighted by atomic mass is 9.79. The smallest absolute Gasteiger partial charge is 0.311 e. The van der Waals surface area contributed by atoms with E-state index in [4.69, 9.17) is 33.2 Å². The van der Waals surface area contributed by atoms with Crippen molar-refractivity contribution in [1.29, 1.82) is 0 Å².